The largest absolute Gasteiger partial charge is 0.497 e. The second-order valence-corrected chi connectivity index (χ2v) is 6.91. The molecule has 1 unspecified atom stereocenters. The molecule has 3 aromatic rings. The average Bonchev–Trinajstić information content (AvgIpc) is 2.77. The third-order valence-corrected chi connectivity index (χ3v) is 5.01. The molecule has 0 radical (unpaired) electrons. The summed E-state index contributed by atoms with van der Waals surface area (Å²) < 4.78 is 11.6. The van der Waals surface area contributed by atoms with Crippen LogP contribution < -0.4 is 19.7 Å². The van der Waals surface area contributed by atoms with Gasteiger partial charge in [0.15, 0.2) is 0 Å². The van der Waals surface area contributed by atoms with Gasteiger partial charge in [-0.25, -0.2) is 4.98 Å². The van der Waals surface area contributed by atoms with E-state index in [0.29, 0.717) is 0 Å². The van der Waals surface area contributed by atoms with E-state index in [-0.39, 0.29) is 12.1 Å². The smallest absolute Gasteiger partial charge is 0.143 e. The molecule has 5 heteroatoms. The number of benzene rings is 2. The minimum absolute atomic E-state index is 0.0185. The molecule has 0 amide bonds. The van der Waals surface area contributed by atoms with E-state index in [1.54, 1.807) is 7.11 Å². The quantitative estimate of drug-likeness (QED) is 0.694. The highest BCUT2D eigenvalue weighted by Gasteiger charge is 2.27. The highest BCUT2D eigenvalue weighted by atomic mass is 16.5. The van der Waals surface area contributed by atoms with Gasteiger partial charge >= 0.3 is 0 Å². The zero-order valence-electron chi connectivity index (χ0n) is 16.2. The predicted octanol–water partition coefficient (Wildman–Crippen LogP) is 4.34. The van der Waals surface area contributed by atoms with Crippen molar-refractivity contribution < 1.29 is 9.47 Å². The molecule has 2 aromatic carbocycles. The van der Waals surface area contributed by atoms with E-state index in [1.165, 1.54) is 5.56 Å². The lowest BCUT2D eigenvalue weighted by atomic mass is 10.1. The number of para-hydroxylation sites is 2. The van der Waals surface area contributed by atoms with E-state index in [2.05, 4.69) is 40.3 Å². The Morgan fingerprint density at radius 1 is 1.14 bits per heavy atom. The summed E-state index contributed by atoms with van der Waals surface area (Å²) >= 11 is 0. The molecule has 1 aromatic heterocycles. The van der Waals surface area contributed by atoms with Gasteiger partial charge in [0.2, 0.25) is 0 Å². The lowest BCUT2D eigenvalue weighted by Crippen LogP contribution is -2.44. The van der Waals surface area contributed by atoms with Crippen LogP contribution >= 0.6 is 0 Å². The molecule has 144 valence electrons. The molecule has 0 spiro atoms. The second-order valence-electron chi connectivity index (χ2n) is 6.91. The normalized spacial score (nSPS) is 16.8. The third-order valence-electron chi connectivity index (χ3n) is 5.01. The molecule has 1 aliphatic heterocycles. The van der Waals surface area contributed by atoms with Gasteiger partial charge in [-0.15, -0.1) is 0 Å². The standard InChI is InChI=1S/C23H25N3O2/c1-17(18-8-7-9-19(14-18)27-2)25-15-20-16-26(23-12-5-6-13-24-23)21-10-3-4-11-22(21)28-20/h3-14,17,20,25H,15-16H2,1-2H3/t17-,20?/m1/s1. The van der Waals surface area contributed by atoms with Crippen molar-refractivity contribution in [2.24, 2.45) is 0 Å². The van der Waals surface area contributed by atoms with E-state index < -0.39 is 0 Å². The summed E-state index contributed by atoms with van der Waals surface area (Å²) in [5.74, 6) is 2.69. The zero-order valence-corrected chi connectivity index (χ0v) is 16.2. The van der Waals surface area contributed by atoms with E-state index in [4.69, 9.17) is 9.47 Å². The van der Waals surface area contributed by atoms with Crippen molar-refractivity contribution in [2.75, 3.05) is 25.1 Å². The summed E-state index contributed by atoms with van der Waals surface area (Å²) in [6.45, 7) is 3.63. The first-order valence-corrected chi connectivity index (χ1v) is 9.56. The van der Waals surface area contributed by atoms with E-state index in [9.17, 15) is 0 Å². The van der Waals surface area contributed by atoms with Crippen molar-refractivity contribution in [2.45, 2.75) is 19.1 Å². The van der Waals surface area contributed by atoms with Gasteiger partial charge in [0.25, 0.3) is 0 Å². The van der Waals surface area contributed by atoms with E-state index in [0.717, 1.165) is 36.1 Å². The fourth-order valence-electron chi connectivity index (χ4n) is 3.47. The minimum Gasteiger partial charge on any atom is -0.497 e. The number of hydrogen-bond acceptors (Lipinski definition) is 5. The molecule has 0 fully saturated rings. The zero-order chi connectivity index (χ0) is 19.3. The number of pyridine rings is 1. The molecule has 4 rings (SSSR count). The topological polar surface area (TPSA) is 46.6 Å². The fourth-order valence-corrected chi connectivity index (χ4v) is 3.47. The summed E-state index contributed by atoms with van der Waals surface area (Å²) in [5, 5.41) is 3.60. The summed E-state index contributed by atoms with van der Waals surface area (Å²) in [7, 11) is 1.69. The van der Waals surface area contributed by atoms with Gasteiger partial charge in [-0.3, -0.25) is 0 Å². The Labute approximate surface area is 165 Å². The van der Waals surface area contributed by atoms with Crippen molar-refractivity contribution in [3.8, 4) is 11.5 Å². The molecule has 0 aliphatic carbocycles. The summed E-state index contributed by atoms with van der Waals surface area (Å²) in [4.78, 5) is 6.76. The number of fused-ring (bicyclic) bond motifs is 1. The van der Waals surface area contributed by atoms with Crippen LogP contribution in [0.25, 0.3) is 0 Å². The van der Waals surface area contributed by atoms with Gasteiger partial charge in [-0.2, -0.15) is 0 Å². The average molecular weight is 375 g/mol. The van der Waals surface area contributed by atoms with Crippen molar-refractivity contribution >= 4 is 11.5 Å². The van der Waals surface area contributed by atoms with Crippen LogP contribution in [0.5, 0.6) is 11.5 Å². The van der Waals surface area contributed by atoms with Gasteiger partial charge in [0.1, 0.15) is 23.4 Å². The Morgan fingerprint density at radius 3 is 2.82 bits per heavy atom. The molecule has 0 saturated carbocycles. The van der Waals surface area contributed by atoms with Crippen LogP contribution in [0.3, 0.4) is 0 Å². The maximum absolute atomic E-state index is 6.26. The molecule has 2 heterocycles. The van der Waals surface area contributed by atoms with Crippen molar-refractivity contribution in [3.05, 3.63) is 78.5 Å². The predicted molar refractivity (Wildman–Crippen MR) is 112 cm³/mol. The maximum Gasteiger partial charge on any atom is 0.143 e. The van der Waals surface area contributed by atoms with Gasteiger partial charge in [-0.05, 0) is 48.9 Å². The minimum atomic E-state index is 0.0185. The molecule has 28 heavy (non-hydrogen) atoms. The summed E-state index contributed by atoms with van der Waals surface area (Å²) in [6, 6.07) is 22.5. The van der Waals surface area contributed by atoms with Gasteiger partial charge in [0, 0.05) is 18.8 Å². The molecule has 1 aliphatic rings. The number of rotatable bonds is 6. The van der Waals surface area contributed by atoms with Crippen LogP contribution in [-0.4, -0.2) is 31.3 Å². The SMILES string of the molecule is COc1cccc([C@@H](C)NCC2CN(c3ccccn3)c3ccccc3O2)c1. The highest BCUT2D eigenvalue weighted by Crippen LogP contribution is 2.37. The Kier molecular flexibility index (Phi) is 5.44. The number of nitrogens with zero attached hydrogens (tertiary/aromatic N) is 2. The number of methoxy groups -OCH3 is 1. The van der Waals surface area contributed by atoms with Crippen LogP contribution in [0.2, 0.25) is 0 Å². The number of ether oxygens (including phenoxy) is 2. The van der Waals surface area contributed by atoms with Crippen LogP contribution in [0.15, 0.2) is 72.9 Å². The third kappa shape index (κ3) is 3.94. The molecule has 5 nitrogen and oxygen atoms in total. The molecule has 1 N–H and O–H groups in total. The summed E-state index contributed by atoms with van der Waals surface area (Å²) in [5.41, 5.74) is 2.25. The van der Waals surface area contributed by atoms with Crippen LogP contribution in [-0.2, 0) is 0 Å². The Morgan fingerprint density at radius 2 is 2.00 bits per heavy atom. The first kappa shape index (κ1) is 18.3. The van der Waals surface area contributed by atoms with Gasteiger partial charge < -0.3 is 19.7 Å². The molecular weight excluding hydrogens is 350 g/mol. The second kappa shape index (κ2) is 8.31. The van der Waals surface area contributed by atoms with Crippen molar-refractivity contribution in [3.63, 3.8) is 0 Å². The Balaban J connectivity index is 1.48. The van der Waals surface area contributed by atoms with E-state index in [1.807, 2.05) is 54.7 Å². The maximum atomic E-state index is 6.26. The Hall–Kier alpha value is -3.05. The van der Waals surface area contributed by atoms with Crippen LogP contribution in [0.4, 0.5) is 11.5 Å². The van der Waals surface area contributed by atoms with Gasteiger partial charge in [0.05, 0.1) is 19.3 Å². The molecular formula is C23H25N3O2. The first-order valence-electron chi connectivity index (χ1n) is 9.56. The Bertz CT molecular complexity index is 916. The van der Waals surface area contributed by atoms with Crippen molar-refractivity contribution in [1.29, 1.82) is 0 Å². The summed E-state index contributed by atoms with van der Waals surface area (Å²) in [6.07, 6.45) is 1.84. The number of nitrogens with one attached hydrogen (secondary N) is 1. The first-order chi connectivity index (χ1) is 13.7. The number of anilines is 2. The van der Waals surface area contributed by atoms with Crippen LogP contribution in [0, 0.1) is 0 Å². The highest BCUT2D eigenvalue weighted by molar-refractivity contribution is 5.68. The molecule has 0 bridgehead atoms. The monoisotopic (exact) mass is 375 g/mol. The molecule has 2 atom stereocenters. The number of hydrogen-bond donors (Lipinski definition) is 1. The fraction of sp³-hybridized carbons (Fsp3) is 0.261. The van der Waals surface area contributed by atoms with Crippen LogP contribution in [0.1, 0.15) is 18.5 Å². The number of aromatic nitrogens is 1. The lowest BCUT2D eigenvalue weighted by molar-refractivity contribution is 0.190. The lowest BCUT2D eigenvalue weighted by Gasteiger charge is -2.36. The molecule has 0 saturated heterocycles. The van der Waals surface area contributed by atoms with Gasteiger partial charge in [-0.1, -0.05) is 30.3 Å². The van der Waals surface area contributed by atoms with Crippen molar-refractivity contribution in [1.82, 2.24) is 10.3 Å². The van der Waals surface area contributed by atoms with E-state index >= 15 is 0 Å².